The van der Waals surface area contributed by atoms with Crippen LogP contribution in [0.15, 0.2) is 12.3 Å². The first kappa shape index (κ1) is 14.8. The molecule has 0 aliphatic heterocycles. The summed E-state index contributed by atoms with van der Waals surface area (Å²) in [5.74, 6) is 0.564. The second kappa shape index (κ2) is 5.18. The molecule has 0 saturated heterocycles. The van der Waals surface area contributed by atoms with E-state index in [0.717, 1.165) is 6.42 Å². The van der Waals surface area contributed by atoms with E-state index in [1.54, 1.807) is 12.3 Å². The van der Waals surface area contributed by atoms with E-state index in [4.69, 9.17) is 18.0 Å². The van der Waals surface area contributed by atoms with Gasteiger partial charge in [-0.1, -0.05) is 33.0 Å². The van der Waals surface area contributed by atoms with E-state index in [0.29, 0.717) is 11.6 Å². The van der Waals surface area contributed by atoms with Crippen LogP contribution in [0.4, 0.5) is 5.95 Å². The third kappa shape index (κ3) is 4.96. The summed E-state index contributed by atoms with van der Waals surface area (Å²) in [6, 6.07) is 1.71. The highest BCUT2D eigenvalue weighted by Gasteiger charge is 2.26. The van der Waals surface area contributed by atoms with E-state index in [-0.39, 0.29) is 15.9 Å². The molecule has 4 nitrogen and oxygen atoms in total. The Balaban J connectivity index is 2.84. The molecule has 100 valence electrons. The molecule has 3 N–H and O–H groups in total. The van der Waals surface area contributed by atoms with Gasteiger partial charge in [0.25, 0.3) is 0 Å². The lowest BCUT2D eigenvalue weighted by atomic mass is 9.82. The molecule has 0 spiro atoms. The van der Waals surface area contributed by atoms with Crippen LogP contribution in [0.25, 0.3) is 0 Å². The topological polar surface area (TPSA) is 63.8 Å². The van der Waals surface area contributed by atoms with Crippen molar-refractivity contribution < 1.29 is 0 Å². The van der Waals surface area contributed by atoms with Crippen molar-refractivity contribution in [1.29, 1.82) is 0 Å². The Hall–Kier alpha value is -1.23. The van der Waals surface area contributed by atoms with Gasteiger partial charge >= 0.3 is 0 Å². The average molecular weight is 266 g/mol. The van der Waals surface area contributed by atoms with E-state index < -0.39 is 0 Å². The number of hydrogen-bond donors (Lipinski definition) is 2. The summed E-state index contributed by atoms with van der Waals surface area (Å²) in [5, 5.41) is 3.33. The van der Waals surface area contributed by atoms with E-state index in [1.807, 2.05) is 0 Å². The molecule has 1 aromatic rings. The molecule has 0 aliphatic rings. The first-order chi connectivity index (χ1) is 8.09. The summed E-state index contributed by atoms with van der Waals surface area (Å²) in [7, 11) is 0. The lowest BCUT2D eigenvalue weighted by molar-refractivity contribution is 0.301. The average Bonchev–Trinajstić information content (AvgIpc) is 2.12. The Bertz CT molecular complexity index is 435. The zero-order valence-electron chi connectivity index (χ0n) is 11.7. The number of rotatable bonds is 4. The second-order valence-electron chi connectivity index (χ2n) is 6.38. The maximum Gasteiger partial charge on any atom is 0.223 e. The molecular weight excluding hydrogens is 244 g/mol. The van der Waals surface area contributed by atoms with E-state index >= 15 is 0 Å². The highest BCUT2D eigenvalue weighted by Crippen LogP contribution is 2.28. The Labute approximate surface area is 114 Å². The molecule has 0 aromatic carbocycles. The zero-order valence-corrected chi connectivity index (χ0v) is 12.6. The molecule has 0 bridgehead atoms. The van der Waals surface area contributed by atoms with E-state index in [2.05, 4.69) is 49.9 Å². The molecule has 0 radical (unpaired) electrons. The van der Waals surface area contributed by atoms with Gasteiger partial charge in [0.05, 0.1) is 0 Å². The molecule has 5 heteroatoms. The summed E-state index contributed by atoms with van der Waals surface area (Å²) in [6.45, 7) is 10.9. The van der Waals surface area contributed by atoms with Gasteiger partial charge in [0.2, 0.25) is 5.95 Å². The van der Waals surface area contributed by atoms with Gasteiger partial charge in [0.1, 0.15) is 10.7 Å². The van der Waals surface area contributed by atoms with Crippen LogP contribution in [0.3, 0.4) is 0 Å². The van der Waals surface area contributed by atoms with E-state index in [9.17, 15) is 0 Å². The minimum Gasteiger partial charge on any atom is -0.388 e. The first-order valence-electron chi connectivity index (χ1n) is 6.00. The van der Waals surface area contributed by atoms with Crippen LogP contribution >= 0.6 is 12.2 Å². The number of nitrogens with zero attached hydrogens (tertiary/aromatic N) is 2. The smallest absolute Gasteiger partial charge is 0.223 e. The van der Waals surface area contributed by atoms with Gasteiger partial charge in [-0.15, -0.1) is 0 Å². The molecule has 0 fully saturated rings. The number of nitrogens with two attached hydrogens (primary N) is 1. The fourth-order valence-electron chi connectivity index (χ4n) is 2.23. The van der Waals surface area contributed by atoms with Crippen LogP contribution in [-0.2, 0) is 0 Å². The summed E-state index contributed by atoms with van der Waals surface area (Å²) < 4.78 is 0. The number of hydrogen-bond acceptors (Lipinski definition) is 4. The first-order valence-corrected chi connectivity index (χ1v) is 6.41. The van der Waals surface area contributed by atoms with Gasteiger partial charge in [-0.25, -0.2) is 9.97 Å². The number of thiocarbonyl (C=S) groups is 1. The summed E-state index contributed by atoms with van der Waals surface area (Å²) in [5.41, 5.74) is 6.30. The van der Waals surface area contributed by atoms with Crippen molar-refractivity contribution in [2.45, 2.75) is 46.6 Å². The Morgan fingerprint density at radius 1 is 1.33 bits per heavy atom. The summed E-state index contributed by atoms with van der Waals surface area (Å²) in [4.78, 5) is 8.78. The largest absolute Gasteiger partial charge is 0.388 e. The van der Waals surface area contributed by atoms with Crippen molar-refractivity contribution in [1.82, 2.24) is 9.97 Å². The van der Waals surface area contributed by atoms with E-state index in [1.165, 1.54) is 0 Å². The van der Waals surface area contributed by atoms with Crippen LogP contribution in [0.2, 0.25) is 0 Å². The molecule has 0 saturated carbocycles. The number of aromatic nitrogens is 2. The monoisotopic (exact) mass is 266 g/mol. The van der Waals surface area contributed by atoms with Crippen molar-refractivity contribution in [3.8, 4) is 0 Å². The molecule has 1 heterocycles. The summed E-state index contributed by atoms with van der Waals surface area (Å²) in [6.07, 6.45) is 2.66. The Morgan fingerprint density at radius 3 is 2.44 bits per heavy atom. The minimum absolute atomic E-state index is 0.0902. The third-order valence-electron chi connectivity index (χ3n) is 2.33. The van der Waals surface area contributed by atoms with Crippen molar-refractivity contribution >= 4 is 23.2 Å². The number of anilines is 1. The normalized spacial score (nSPS) is 12.3. The third-order valence-corrected chi connectivity index (χ3v) is 2.54. The van der Waals surface area contributed by atoms with Gasteiger partial charge in [0, 0.05) is 11.7 Å². The predicted molar refractivity (Wildman–Crippen MR) is 79.7 cm³/mol. The second-order valence-corrected chi connectivity index (χ2v) is 6.82. The van der Waals surface area contributed by atoms with Gasteiger partial charge in [-0.05, 0) is 31.7 Å². The fourth-order valence-corrected chi connectivity index (χ4v) is 2.34. The maximum absolute atomic E-state index is 5.56. The van der Waals surface area contributed by atoms with Crippen molar-refractivity contribution in [3.63, 3.8) is 0 Å². The van der Waals surface area contributed by atoms with Crippen molar-refractivity contribution in [2.24, 2.45) is 11.1 Å². The standard InChI is InChI=1S/C13H22N4S/c1-12(2,3)8-13(4,5)17-11-15-7-6-9(16-11)10(14)18/h6-7H,8H2,1-5H3,(H2,14,18)(H,15,16,17). The maximum atomic E-state index is 5.56. The molecule has 0 aliphatic carbocycles. The number of nitrogens with one attached hydrogen (secondary N) is 1. The van der Waals surface area contributed by atoms with Crippen LogP contribution in [0.5, 0.6) is 0 Å². The van der Waals surface area contributed by atoms with Crippen LogP contribution < -0.4 is 11.1 Å². The highest BCUT2D eigenvalue weighted by molar-refractivity contribution is 7.80. The Morgan fingerprint density at radius 2 is 1.94 bits per heavy atom. The molecule has 0 unspecified atom stereocenters. The Kier molecular flexibility index (Phi) is 4.27. The van der Waals surface area contributed by atoms with Gasteiger partial charge in [-0.2, -0.15) is 0 Å². The molecule has 0 atom stereocenters. The molecule has 1 aromatic heterocycles. The molecule has 18 heavy (non-hydrogen) atoms. The molecular formula is C13H22N4S. The van der Waals surface area contributed by atoms with Crippen molar-refractivity contribution in [3.05, 3.63) is 18.0 Å². The molecule has 1 rings (SSSR count). The van der Waals surface area contributed by atoms with Gasteiger partial charge in [0.15, 0.2) is 0 Å². The van der Waals surface area contributed by atoms with Gasteiger partial charge < -0.3 is 11.1 Å². The van der Waals surface area contributed by atoms with Crippen molar-refractivity contribution in [2.75, 3.05) is 5.32 Å². The SMILES string of the molecule is CC(C)(C)CC(C)(C)Nc1nccc(C(N)=S)n1. The quantitative estimate of drug-likeness (QED) is 0.820. The lowest BCUT2D eigenvalue weighted by Gasteiger charge is -2.33. The summed E-state index contributed by atoms with van der Waals surface area (Å²) >= 11 is 4.91. The molecule has 0 amide bonds. The minimum atomic E-state index is -0.0902. The van der Waals surface area contributed by atoms with Gasteiger partial charge in [-0.3, -0.25) is 0 Å². The van der Waals surface area contributed by atoms with Crippen LogP contribution in [0.1, 0.15) is 46.7 Å². The zero-order chi connectivity index (χ0) is 14.0. The van der Waals surface area contributed by atoms with Crippen LogP contribution in [0, 0.1) is 5.41 Å². The lowest BCUT2D eigenvalue weighted by Crippen LogP contribution is -2.36. The predicted octanol–water partition coefficient (Wildman–Crippen LogP) is 2.74. The van der Waals surface area contributed by atoms with Crippen LogP contribution in [-0.4, -0.2) is 20.5 Å². The fraction of sp³-hybridized carbons (Fsp3) is 0.615. The highest BCUT2D eigenvalue weighted by atomic mass is 32.1.